The van der Waals surface area contributed by atoms with Gasteiger partial charge in [-0.3, -0.25) is 0 Å². The van der Waals surface area contributed by atoms with Crippen LogP contribution in [0, 0.1) is 0 Å². The molecule has 0 spiro atoms. The number of rotatable bonds is 7. The van der Waals surface area contributed by atoms with Gasteiger partial charge in [-0.2, -0.15) is 0 Å². The average Bonchev–Trinajstić information content (AvgIpc) is 2.83. The number of hydrogen-bond donors (Lipinski definition) is 2. The zero-order chi connectivity index (χ0) is 21.6. The number of ether oxygens (including phenoxy) is 3. The Morgan fingerprint density at radius 3 is 1.84 bits per heavy atom. The molecular formula is C26H28O5. The Morgan fingerprint density at radius 1 is 0.774 bits per heavy atom. The Bertz CT molecular complexity index is 879. The van der Waals surface area contributed by atoms with Crippen molar-refractivity contribution in [3.8, 4) is 0 Å². The van der Waals surface area contributed by atoms with Gasteiger partial charge in [0.15, 0.2) is 6.29 Å². The summed E-state index contributed by atoms with van der Waals surface area (Å²) in [5.74, 6) is 0. The fourth-order valence-electron chi connectivity index (χ4n) is 3.80. The van der Waals surface area contributed by atoms with Crippen LogP contribution in [0.2, 0.25) is 0 Å². The molecule has 0 saturated carbocycles. The Balaban J connectivity index is 1.60. The predicted molar refractivity (Wildman–Crippen MR) is 117 cm³/mol. The van der Waals surface area contributed by atoms with Crippen LogP contribution in [0.25, 0.3) is 0 Å². The predicted octanol–water partition coefficient (Wildman–Crippen LogP) is 3.84. The molecule has 0 bridgehead atoms. The van der Waals surface area contributed by atoms with E-state index in [4.69, 9.17) is 14.2 Å². The van der Waals surface area contributed by atoms with E-state index >= 15 is 0 Å². The molecule has 0 radical (unpaired) electrons. The van der Waals surface area contributed by atoms with Crippen molar-refractivity contribution in [2.45, 2.75) is 50.3 Å². The van der Waals surface area contributed by atoms with Crippen LogP contribution in [0.3, 0.4) is 0 Å². The molecule has 5 heteroatoms. The molecule has 1 aliphatic rings. The summed E-state index contributed by atoms with van der Waals surface area (Å²) in [5.41, 5.74) is 2.87. The standard InChI is InChI=1S/C26H28O5/c1-18-22(27)23(28)25(26(30-18)29-17-19-11-5-2-6-12-19)31-24(20-13-7-3-8-14-20)21-15-9-4-10-16-21/h2-16,18,22-28H,17H2,1H3/t18-,22-,23+,25+,26+/m0/s1. The third-order valence-corrected chi connectivity index (χ3v) is 5.54. The lowest BCUT2D eigenvalue weighted by atomic mass is 9.97. The molecule has 5 atom stereocenters. The van der Waals surface area contributed by atoms with Crippen molar-refractivity contribution < 1.29 is 24.4 Å². The van der Waals surface area contributed by atoms with E-state index < -0.39 is 36.8 Å². The minimum Gasteiger partial charge on any atom is -0.388 e. The van der Waals surface area contributed by atoms with Crippen molar-refractivity contribution in [3.05, 3.63) is 108 Å². The first-order chi connectivity index (χ1) is 15.1. The third-order valence-electron chi connectivity index (χ3n) is 5.54. The first-order valence-corrected chi connectivity index (χ1v) is 10.6. The van der Waals surface area contributed by atoms with E-state index in [-0.39, 0.29) is 0 Å². The minimum atomic E-state index is -1.15. The van der Waals surface area contributed by atoms with Gasteiger partial charge in [0.1, 0.15) is 24.4 Å². The van der Waals surface area contributed by atoms with Crippen molar-refractivity contribution in [2.24, 2.45) is 0 Å². The van der Waals surface area contributed by atoms with Crippen molar-refractivity contribution in [1.82, 2.24) is 0 Å². The highest BCUT2D eigenvalue weighted by Crippen LogP contribution is 2.33. The Morgan fingerprint density at radius 2 is 1.29 bits per heavy atom. The normalized spacial score (nSPS) is 26.1. The summed E-state index contributed by atoms with van der Waals surface area (Å²) in [5, 5.41) is 21.3. The Hall–Kier alpha value is -2.54. The van der Waals surface area contributed by atoms with Crippen LogP contribution in [0.5, 0.6) is 0 Å². The summed E-state index contributed by atoms with van der Waals surface area (Å²) < 4.78 is 18.4. The highest BCUT2D eigenvalue weighted by atomic mass is 16.7. The second-order valence-corrected chi connectivity index (χ2v) is 7.79. The van der Waals surface area contributed by atoms with Crippen molar-refractivity contribution in [2.75, 3.05) is 0 Å². The van der Waals surface area contributed by atoms with Crippen LogP contribution in [0.15, 0.2) is 91.0 Å². The van der Waals surface area contributed by atoms with E-state index in [0.29, 0.717) is 6.61 Å². The fourth-order valence-corrected chi connectivity index (χ4v) is 3.80. The highest BCUT2D eigenvalue weighted by molar-refractivity contribution is 5.30. The Labute approximate surface area is 182 Å². The van der Waals surface area contributed by atoms with Gasteiger partial charge in [-0.05, 0) is 23.6 Å². The van der Waals surface area contributed by atoms with Gasteiger partial charge < -0.3 is 24.4 Å². The van der Waals surface area contributed by atoms with Crippen LogP contribution in [-0.4, -0.2) is 40.9 Å². The van der Waals surface area contributed by atoms with Crippen LogP contribution in [0.4, 0.5) is 0 Å². The van der Waals surface area contributed by atoms with Gasteiger partial charge in [-0.1, -0.05) is 91.0 Å². The largest absolute Gasteiger partial charge is 0.388 e. The van der Waals surface area contributed by atoms with E-state index in [1.807, 2.05) is 91.0 Å². The van der Waals surface area contributed by atoms with E-state index in [1.54, 1.807) is 6.92 Å². The van der Waals surface area contributed by atoms with Gasteiger partial charge in [0.2, 0.25) is 0 Å². The lowest BCUT2D eigenvalue weighted by molar-refractivity contribution is -0.311. The summed E-state index contributed by atoms with van der Waals surface area (Å²) in [6.45, 7) is 2.02. The number of benzene rings is 3. The molecule has 2 N–H and O–H groups in total. The smallest absolute Gasteiger partial charge is 0.187 e. The topological polar surface area (TPSA) is 68.2 Å². The molecule has 0 aliphatic carbocycles. The summed E-state index contributed by atoms with van der Waals surface area (Å²) in [6, 6.07) is 29.3. The zero-order valence-electron chi connectivity index (χ0n) is 17.5. The molecule has 4 rings (SSSR count). The second kappa shape index (κ2) is 10.2. The molecule has 1 aliphatic heterocycles. The zero-order valence-corrected chi connectivity index (χ0v) is 17.5. The SMILES string of the molecule is C[C@@H]1O[C@@H](OCc2ccccc2)[C@H](OC(c2ccccc2)c2ccccc2)[C@H](O)[C@H]1O. The Kier molecular flexibility index (Phi) is 7.12. The quantitative estimate of drug-likeness (QED) is 0.608. The molecule has 1 heterocycles. The number of aliphatic hydroxyl groups is 2. The second-order valence-electron chi connectivity index (χ2n) is 7.79. The average molecular weight is 421 g/mol. The molecule has 0 amide bonds. The molecule has 0 unspecified atom stereocenters. The molecular weight excluding hydrogens is 392 g/mol. The molecule has 31 heavy (non-hydrogen) atoms. The van der Waals surface area contributed by atoms with Gasteiger partial charge in [0.05, 0.1) is 12.7 Å². The van der Waals surface area contributed by atoms with Gasteiger partial charge in [0.25, 0.3) is 0 Å². The minimum absolute atomic E-state index is 0.308. The molecule has 162 valence electrons. The van der Waals surface area contributed by atoms with E-state index in [9.17, 15) is 10.2 Å². The lowest BCUT2D eigenvalue weighted by Gasteiger charge is -2.42. The number of hydrogen-bond acceptors (Lipinski definition) is 5. The molecule has 5 nitrogen and oxygen atoms in total. The highest BCUT2D eigenvalue weighted by Gasteiger charge is 2.45. The van der Waals surface area contributed by atoms with E-state index in [1.165, 1.54) is 0 Å². The maximum atomic E-state index is 10.9. The summed E-state index contributed by atoms with van der Waals surface area (Å²) in [4.78, 5) is 0. The van der Waals surface area contributed by atoms with Crippen molar-refractivity contribution in [3.63, 3.8) is 0 Å². The molecule has 1 fully saturated rings. The van der Waals surface area contributed by atoms with E-state index in [0.717, 1.165) is 16.7 Å². The summed E-state index contributed by atoms with van der Waals surface area (Å²) in [6.07, 6.45) is -4.96. The van der Waals surface area contributed by atoms with Gasteiger partial charge in [-0.25, -0.2) is 0 Å². The van der Waals surface area contributed by atoms with Crippen LogP contribution < -0.4 is 0 Å². The van der Waals surface area contributed by atoms with Crippen molar-refractivity contribution >= 4 is 0 Å². The monoisotopic (exact) mass is 420 g/mol. The molecule has 0 aromatic heterocycles. The molecule has 1 saturated heterocycles. The number of aliphatic hydroxyl groups excluding tert-OH is 2. The first kappa shape index (κ1) is 21.7. The maximum Gasteiger partial charge on any atom is 0.187 e. The first-order valence-electron chi connectivity index (χ1n) is 10.6. The molecule has 3 aromatic rings. The van der Waals surface area contributed by atoms with Crippen LogP contribution in [0.1, 0.15) is 29.7 Å². The molecule has 3 aromatic carbocycles. The summed E-state index contributed by atoms with van der Waals surface area (Å²) >= 11 is 0. The lowest BCUT2D eigenvalue weighted by Crippen LogP contribution is -2.58. The van der Waals surface area contributed by atoms with E-state index in [2.05, 4.69) is 0 Å². The van der Waals surface area contributed by atoms with Crippen molar-refractivity contribution in [1.29, 1.82) is 0 Å². The third kappa shape index (κ3) is 5.21. The van der Waals surface area contributed by atoms with Crippen LogP contribution in [-0.2, 0) is 20.8 Å². The maximum absolute atomic E-state index is 10.9. The van der Waals surface area contributed by atoms with Gasteiger partial charge in [-0.15, -0.1) is 0 Å². The summed E-state index contributed by atoms with van der Waals surface area (Å²) in [7, 11) is 0. The fraction of sp³-hybridized carbons (Fsp3) is 0.308. The van der Waals surface area contributed by atoms with Gasteiger partial charge >= 0.3 is 0 Å². The van der Waals surface area contributed by atoms with Crippen LogP contribution >= 0.6 is 0 Å². The van der Waals surface area contributed by atoms with Gasteiger partial charge in [0, 0.05) is 0 Å².